The first-order valence-electron chi connectivity index (χ1n) is 8.69. The summed E-state index contributed by atoms with van der Waals surface area (Å²) in [6, 6.07) is 8.08. The van der Waals surface area contributed by atoms with Crippen LogP contribution in [0.2, 0.25) is 0 Å². The van der Waals surface area contributed by atoms with Gasteiger partial charge in [-0.1, -0.05) is 6.07 Å². The van der Waals surface area contributed by atoms with Gasteiger partial charge in [-0.15, -0.1) is 0 Å². The first kappa shape index (κ1) is 17.4. The van der Waals surface area contributed by atoms with Crippen LogP contribution in [0.1, 0.15) is 24.4 Å². The van der Waals surface area contributed by atoms with Gasteiger partial charge in [-0.2, -0.15) is 0 Å². The van der Waals surface area contributed by atoms with Gasteiger partial charge in [0, 0.05) is 12.6 Å². The normalized spacial score (nSPS) is 15.5. The fourth-order valence-corrected chi connectivity index (χ4v) is 3.72. The summed E-state index contributed by atoms with van der Waals surface area (Å²) >= 11 is -2.09. The zero-order chi connectivity index (χ0) is 19.4. The average Bonchev–Trinajstić information content (AvgIpc) is 3.31. The number of rotatable bonds is 5. The van der Waals surface area contributed by atoms with E-state index in [2.05, 4.69) is 14.7 Å². The van der Waals surface area contributed by atoms with Crippen LogP contribution in [0.5, 0.6) is 0 Å². The molecule has 0 aliphatic heterocycles. The van der Waals surface area contributed by atoms with Gasteiger partial charge in [0.25, 0.3) is 0 Å². The summed E-state index contributed by atoms with van der Waals surface area (Å²) in [4.78, 5) is 8.93. The molecule has 2 aromatic carbocycles. The average molecular weight is 403 g/mol. The maximum atomic E-state index is 14.5. The summed E-state index contributed by atoms with van der Waals surface area (Å²) in [7, 11) is 0. The monoisotopic (exact) mass is 403 g/mol. The quantitative estimate of drug-likeness (QED) is 0.501. The molecule has 1 atom stereocenters. The van der Waals surface area contributed by atoms with Gasteiger partial charge in [-0.05, 0) is 42.7 Å². The number of imidazole rings is 2. The van der Waals surface area contributed by atoms with Crippen molar-refractivity contribution in [1.82, 2.24) is 23.8 Å². The van der Waals surface area contributed by atoms with Crippen LogP contribution in [-0.4, -0.2) is 27.9 Å². The van der Waals surface area contributed by atoms with Crippen LogP contribution in [0, 0.1) is 11.6 Å². The number of hydrogen-bond acceptors (Lipinski definition) is 3. The highest BCUT2D eigenvalue weighted by Gasteiger charge is 2.31. The SMILES string of the molecule is O=S(O)NCc1ccc2c(c1)ncn2-c1nc2ccc(F)c(F)c2n1C1CC1. The third-order valence-corrected chi connectivity index (χ3v) is 5.25. The van der Waals surface area contributed by atoms with Crippen LogP contribution >= 0.6 is 0 Å². The molecular formula is C18H15F2N5O2S. The fraction of sp³-hybridized carbons (Fsp3) is 0.222. The third kappa shape index (κ3) is 2.81. The van der Waals surface area contributed by atoms with Gasteiger partial charge in [0.15, 0.2) is 11.6 Å². The van der Waals surface area contributed by atoms with E-state index in [9.17, 15) is 13.0 Å². The molecule has 1 aliphatic rings. The highest BCUT2D eigenvalue weighted by atomic mass is 32.2. The zero-order valence-electron chi connectivity index (χ0n) is 14.5. The van der Waals surface area contributed by atoms with Gasteiger partial charge in [0.2, 0.25) is 17.2 Å². The van der Waals surface area contributed by atoms with Crippen molar-refractivity contribution < 1.29 is 17.5 Å². The van der Waals surface area contributed by atoms with E-state index in [0.717, 1.165) is 30.0 Å². The van der Waals surface area contributed by atoms with Gasteiger partial charge in [-0.25, -0.2) is 27.7 Å². The maximum absolute atomic E-state index is 14.5. The van der Waals surface area contributed by atoms with Gasteiger partial charge >= 0.3 is 0 Å². The molecule has 0 radical (unpaired) electrons. The Hall–Kier alpha value is -2.69. The molecule has 5 rings (SSSR count). The van der Waals surface area contributed by atoms with Crippen LogP contribution in [0.4, 0.5) is 8.78 Å². The van der Waals surface area contributed by atoms with E-state index in [1.807, 2.05) is 12.1 Å². The molecule has 28 heavy (non-hydrogen) atoms. The summed E-state index contributed by atoms with van der Waals surface area (Å²) in [5.74, 6) is -1.29. The highest BCUT2D eigenvalue weighted by Crippen LogP contribution is 2.41. The summed E-state index contributed by atoms with van der Waals surface area (Å²) < 4.78 is 53.9. The molecule has 1 fully saturated rings. The molecule has 0 bridgehead atoms. The Morgan fingerprint density at radius 2 is 2.04 bits per heavy atom. The van der Waals surface area contributed by atoms with Gasteiger partial charge in [-0.3, -0.25) is 9.12 Å². The van der Waals surface area contributed by atoms with E-state index >= 15 is 0 Å². The molecule has 10 heteroatoms. The minimum absolute atomic E-state index is 0.0803. The van der Waals surface area contributed by atoms with E-state index in [0.29, 0.717) is 17.0 Å². The van der Waals surface area contributed by atoms with Gasteiger partial charge in [0.05, 0.1) is 16.6 Å². The van der Waals surface area contributed by atoms with Crippen molar-refractivity contribution in [3.63, 3.8) is 0 Å². The molecule has 2 heterocycles. The summed E-state index contributed by atoms with van der Waals surface area (Å²) in [5, 5.41) is 0. The lowest BCUT2D eigenvalue weighted by Crippen LogP contribution is -2.15. The van der Waals surface area contributed by atoms with Crippen LogP contribution in [-0.2, 0) is 17.8 Å². The van der Waals surface area contributed by atoms with Crippen molar-refractivity contribution in [2.75, 3.05) is 0 Å². The Kier molecular flexibility index (Phi) is 4.00. The number of aromatic nitrogens is 4. The molecule has 1 unspecified atom stereocenters. The molecular weight excluding hydrogens is 388 g/mol. The molecule has 2 N–H and O–H groups in total. The van der Waals surface area contributed by atoms with E-state index in [4.69, 9.17) is 4.55 Å². The molecule has 0 saturated heterocycles. The van der Waals surface area contributed by atoms with Crippen LogP contribution in [0.3, 0.4) is 0 Å². The Balaban J connectivity index is 1.66. The number of nitrogens with one attached hydrogen (secondary N) is 1. The van der Waals surface area contributed by atoms with E-state index in [1.54, 1.807) is 21.5 Å². The fourth-order valence-electron chi connectivity index (χ4n) is 3.43. The van der Waals surface area contributed by atoms with Gasteiger partial charge in [0.1, 0.15) is 11.8 Å². The van der Waals surface area contributed by atoms with Crippen molar-refractivity contribution in [2.45, 2.75) is 25.4 Å². The molecule has 1 aliphatic carbocycles. The lowest BCUT2D eigenvalue weighted by atomic mass is 10.2. The van der Waals surface area contributed by atoms with Crippen molar-refractivity contribution in [3.8, 4) is 5.95 Å². The van der Waals surface area contributed by atoms with Crippen molar-refractivity contribution in [3.05, 3.63) is 53.9 Å². The minimum Gasteiger partial charge on any atom is -0.304 e. The van der Waals surface area contributed by atoms with E-state index < -0.39 is 22.9 Å². The first-order chi connectivity index (χ1) is 13.5. The zero-order valence-corrected chi connectivity index (χ0v) is 15.3. The topological polar surface area (TPSA) is 85.0 Å². The summed E-state index contributed by atoms with van der Waals surface area (Å²) in [5.41, 5.74) is 2.79. The van der Waals surface area contributed by atoms with Crippen LogP contribution in [0.15, 0.2) is 36.7 Å². The Bertz CT molecular complexity index is 1250. The smallest absolute Gasteiger partial charge is 0.232 e. The van der Waals surface area contributed by atoms with Crippen molar-refractivity contribution >= 4 is 33.3 Å². The lowest BCUT2D eigenvalue weighted by Gasteiger charge is -2.09. The predicted octanol–water partition coefficient (Wildman–Crippen LogP) is 3.21. The Morgan fingerprint density at radius 1 is 1.21 bits per heavy atom. The van der Waals surface area contributed by atoms with Crippen molar-refractivity contribution in [2.24, 2.45) is 0 Å². The largest absolute Gasteiger partial charge is 0.304 e. The molecule has 2 aromatic heterocycles. The Labute approximate surface area is 160 Å². The summed E-state index contributed by atoms with van der Waals surface area (Å²) in [6.45, 7) is 0.219. The number of halogens is 2. The third-order valence-electron chi connectivity index (χ3n) is 4.86. The lowest BCUT2D eigenvalue weighted by molar-refractivity contribution is 0.511. The molecule has 7 nitrogen and oxygen atoms in total. The molecule has 1 saturated carbocycles. The standard InChI is InChI=1S/C18H15F2N5O2S/c19-12-4-5-13-17(16(12)20)25(11-2-3-11)18(23-13)24-9-21-14-7-10(1-6-15(14)24)8-22-28(26)27/h1,4-7,9,11,22H,2-3,8H2,(H,26,27). The van der Waals surface area contributed by atoms with Crippen LogP contribution in [0.25, 0.3) is 28.0 Å². The van der Waals surface area contributed by atoms with E-state index in [1.165, 1.54) is 6.07 Å². The minimum atomic E-state index is -2.09. The number of hydrogen-bond donors (Lipinski definition) is 2. The molecule has 0 amide bonds. The molecule has 0 spiro atoms. The molecule has 144 valence electrons. The second-order valence-corrected chi connectivity index (χ2v) is 7.54. The maximum Gasteiger partial charge on any atom is 0.232 e. The number of benzene rings is 2. The van der Waals surface area contributed by atoms with Crippen LogP contribution < -0.4 is 4.72 Å². The second-order valence-electron chi connectivity index (χ2n) is 6.75. The van der Waals surface area contributed by atoms with E-state index in [-0.39, 0.29) is 18.1 Å². The molecule has 4 aromatic rings. The first-order valence-corrected chi connectivity index (χ1v) is 9.80. The highest BCUT2D eigenvalue weighted by molar-refractivity contribution is 7.77. The Morgan fingerprint density at radius 3 is 2.79 bits per heavy atom. The second kappa shape index (κ2) is 6.43. The van der Waals surface area contributed by atoms with Crippen molar-refractivity contribution in [1.29, 1.82) is 0 Å². The predicted molar refractivity (Wildman–Crippen MR) is 100 cm³/mol. The number of fused-ring (bicyclic) bond motifs is 2. The number of nitrogens with zero attached hydrogens (tertiary/aromatic N) is 4. The summed E-state index contributed by atoms with van der Waals surface area (Å²) in [6.07, 6.45) is 3.37. The van der Waals surface area contributed by atoms with Gasteiger partial charge < -0.3 is 4.57 Å².